The highest BCUT2D eigenvalue weighted by Crippen LogP contribution is 2.22. The van der Waals surface area contributed by atoms with E-state index in [9.17, 15) is 13.6 Å². The summed E-state index contributed by atoms with van der Waals surface area (Å²) < 4.78 is 28.0. The Hall–Kier alpha value is -2.47. The molecule has 22 heavy (non-hydrogen) atoms. The Morgan fingerprint density at radius 1 is 1.23 bits per heavy atom. The van der Waals surface area contributed by atoms with Crippen LogP contribution >= 0.6 is 11.6 Å². The summed E-state index contributed by atoms with van der Waals surface area (Å²) in [6.07, 6.45) is 0. The molecule has 7 heteroatoms. The zero-order chi connectivity index (χ0) is 15.9. The third kappa shape index (κ3) is 2.42. The summed E-state index contributed by atoms with van der Waals surface area (Å²) in [5.74, 6) is -2.63. The van der Waals surface area contributed by atoms with Crippen molar-refractivity contribution in [3.63, 3.8) is 0 Å². The Bertz CT molecular complexity index is 892. The van der Waals surface area contributed by atoms with E-state index in [-0.39, 0.29) is 16.5 Å². The molecule has 0 aliphatic carbocycles. The number of hydrogen-bond acceptors (Lipinski definition) is 2. The topological polar surface area (TPSA) is 46.9 Å². The normalized spacial score (nSPS) is 10.9. The number of fused-ring (bicyclic) bond motifs is 1. The van der Waals surface area contributed by atoms with Crippen LogP contribution in [0.4, 0.5) is 14.7 Å². The lowest BCUT2D eigenvalue weighted by Gasteiger charge is -2.07. The molecule has 0 spiro atoms. The van der Waals surface area contributed by atoms with Crippen molar-refractivity contribution in [3.05, 3.63) is 58.6 Å². The Labute approximate surface area is 129 Å². The fourth-order valence-corrected chi connectivity index (χ4v) is 2.36. The number of anilines is 1. The number of rotatable bonds is 2. The largest absolute Gasteiger partial charge is 0.313 e. The van der Waals surface area contributed by atoms with Crippen LogP contribution < -0.4 is 5.32 Å². The average Bonchev–Trinajstić information content (AvgIpc) is 2.80. The lowest BCUT2D eigenvalue weighted by atomic mass is 10.2. The van der Waals surface area contributed by atoms with Crippen molar-refractivity contribution >= 4 is 34.5 Å². The Balaban J connectivity index is 1.97. The van der Waals surface area contributed by atoms with Gasteiger partial charge in [0.15, 0.2) is 11.6 Å². The highest BCUT2D eigenvalue weighted by Gasteiger charge is 2.17. The lowest BCUT2D eigenvalue weighted by Crippen LogP contribution is -2.16. The molecule has 1 aromatic heterocycles. The number of aromatic nitrogens is 2. The molecule has 4 nitrogen and oxygen atoms in total. The molecule has 1 amide bonds. The van der Waals surface area contributed by atoms with E-state index in [4.69, 9.17) is 11.6 Å². The molecule has 0 radical (unpaired) electrons. The number of amides is 1. The van der Waals surface area contributed by atoms with Crippen molar-refractivity contribution in [1.29, 1.82) is 0 Å². The number of hydrogen-bond donors (Lipinski definition) is 1. The first-order valence-corrected chi connectivity index (χ1v) is 6.72. The van der Waals surface area contributed by atoms with Gasteiger partial charge < -0.3 is 4.57 Å². The molecule has 1 N–H and O–H groups in total. The summed E-state index contributed by atoms with van der Waals surface area (Å²) >= 11 is 5.79. The smallest absolute Gasteiger partial charge is 0.259 e. The zero-order valence-electron chi connectivity index (χ0n) is 11.4. The molecule has 0 aliphatic heterocycles. The highest BCUT2D eigenvalue weighted by molar-refractivity contribution is 6.34. The fourth-order valence-electron chi connectivity index (χ4n) is 2.12. The quantitative estimate of drug-likeness (QED) is 0.731. The second-order valence-electron chi connectivity index (χ2n) is 4.68. The summed E-state index contributed by atoms with van der Waals surface area (Å²) in [5.41, 5.74) is 1.37. The zero-order valence-corrected chi connectivity index (χ0v) is 12.2. The number of aryl methyl sites for hydroxylation is 1. The van der Waals surface area contributed by atoms with Gasteiger partial charge in [0.05, 0.1) is 21.6 Å². The number of nitrogens with zero attached hydrogens (tertiary/aromatic N) is 2. The van der Waals surface area contributed by atoms with Crippen LogP contribution in [-0.2, 0) is 7.05 Å². The second-order valence-corrected chi connectivity index (χ2v) is 5.09. The van der Waals surface area contributed by atoms with E-state index in [0.29, 0.717) is 5.52 Å². The minimum Gasteiger partial charge on any atom is -0.313 e. The van der Waals surface area contributed by atoms with Gasteiger partial charge in [0.1, 0.15) is 0 Å². The summed E-state index contributed by atoms with van der Waals surface area (Å²) in [7, 11) is 1.73. The maximum atomic E-state index is 13.3. The van der Waals surface area contributed by atoms with Crippen LogP contribution in [0.15, 0.2) is 36.4 Å². The summed E-state index contributed by atoms with van der Waals surface area (Å²) in [4.78, 5) is 16.5. The van der Waals surface area contributed by atoms with Gasteiger partial charge in [-0.2, -0.15) is 0 Å². The van der Waals surface area contributed by atoms with Gasteiger partial charge in [0, 0.05) is 7.05 Å². The van der Waals surface area contributed by atoms with Gasteiger partial charge in [-0.15, -0.1) is 0 Å². The summed E-state index contributed by atoms with van der Waals surface area (Å²) in [5, 5.41) is 2.37. The first kappa shape index (κ1) is 14.5. The standard InChI is InChI=1S/C15H10ClF2N3O/c1-21-13-5-3-2-4-12(13)19-15(21)20-14(22)8-6-10(17)11(18)7-9(8)16/h2-7H,1H3,(H,19,20,22). The van der Waals surface area contributed by atoms with Gasteiger partial charge in [-0.3, -0.25) is 10.1 Å². The molecule has 3 rings (SSSR count). The molecular weight excluding hydrogens is 312 g/mol. The lowest BCUT2D eigenvalue weighted by molar-refractivity contribution is 0.102. The first-order chi connectivity index (χ1) is 10.5. The molecule has 112 valence electrons. The minimum absolute atomic E-state index is 0.160. The van der Waals surface area contributed by atoms with Crippen LogP contribution in [0.2, 0.25) is 5.02 Å². The van der Waals surface area contributed by atoms with Crippen LogP contribution in [0.25, 0.3) is 11.0 Å². The molecule has 0 saturated carbocycles. The Kier molecular flexibility index (Phi) is 3.54. The van der Waals surface area contributed by atoms with Crippen LogP contribution in [0, 0.1) is 11.6 Å². The van der Waals surface area contributed by atoms with E-state index in [1.807, 2.05) is 18.2 Å². The van der Waals surface area contributed by atoms with Gasteiger partial charge in [-0.1, -0.05) is 23.7 Å². The van der Waals surface area contributed by atoms with E-state index in [1.54, 1.807) is 17.7 Å². The third-order valence-electron chi connectivity index (χ3n) is 3.27. The van der Waals surface area contributed by atoms with Crippen molar-refractivity contribution in [3.8, 4) is 0 Å². The monoisotopic (exact) mass is 321 g/mol. The number of para-hydroxylation sites is 2. The molecular formula is C15H10ClF2N3O. The molecule has 0 atom stereocenters. The van der Waals surface area contributed by atoms with E-state index in [0.717, 1.165) is 17.6 Å². The maximum Gasteiger partial charge on any atom is 0.259 e. The Morgan fingerprint density at radius 3 is 2.64 bits per heavy atom. The van der Waals surface area contributed by atoms with Crippen molar-refractivity contribution in [2.24, 2.45) is 7.05 Å². The SMILES string of the molecule is Cn1c(NC(=O)c2cc(F)c(F)cc2Cl)nc2ccccc21. The first-order valence-electron chi connectivity index (χ1n) is 6.34. The predicted octanol–water partition coefficient (Wildman–Crippen LogP) is 3.76. The number of halogens is 3. The number of carbonyl (C=O) groups is 1. The van der Waals surface area contributed by atoms with E-state index < -0.39 is 17.5 Å². The molecule has 0 unspecified atom stereocenters. The molecule has 0 fully saturated rings. The van der Waals surface area contributed by atoms with Crippen LogP contribution in [0.1, 0.15) is 10.4 Å². The van der Waals surface area contributed by atoms with Crippen LogP contribution in [0.3, 0.4) is 0 Å². The number of imidazole rings is 1. The van der Waals surface area contributed by atoms with Gasteiger partial charge in [-0.05, 0) is 24.3 Å². The predicted molar refractivity (Wildman–Crippen MR) is 80.0 cm³/mol. The molecule has 0 saturated heterocycles. The van der Waals surface area contributed by atoms with Crippen molar-refractivity contribution in [2.75, 3.05) is 5.32 Å². The molecule has 1 heterocycles. The molecule has 0 bridgehead atoms. The number of nitrogens with one attached hydrogen (secondary N) is 1. The van der Waals surface area contributed by atoms with E-state index in [1.165, 1.54) is 0 Å². The van der Waals surface area contributed by atoms with Crippen molar-refractivity contribution in [1.82, 2.24) is 9.55 Å². The van der Waals surface area contributed by atoms with Crippen LogP contribution in [0.5, 0.6) is 0 Å². The van der Waals surface area contributed by atoms with Crippen molar-refractivity contribution in [2.45, 2.75) is 0 Å². The van der Waals surface area contributed by atoms with Gasteiger partial charge in [0.25, 0.3) is 5.91 Å². The number of benzene rings is 2. The maximum absolute atomic E-state index is 13.3. The fraction of sp³-hybridized carbons (Fsp3) is 0.0667. The van der Waals surface area contributed by atoms with Gasteiger partial charge in [0.2, 0.25) is 5.95 Å². The summed E-state index contributed by atoms with van der Waals surface area (Å²) in [6, 6.07) is 8.85. The highest BCUT2D eigenvalue weighted by atomic mass is 35.5. The van der Waals surface area contributed by atoms with E-state index >= 15 is 0 Å². The van der Waals surface area contributed by atoms with Gasteiger partial charge >= 0.3 is 0 Å². The van der Waals surface area contributed by atoms with Crippen LogP contribution in [-0.4, -0.2) is 15.5 Å². The number of carbonyl (C=O) groups excluding carboxylic acids is 1. The van der Waals surface area contributed by atoms with Gasteiger partial charge in [-0.25, -0.2) is 13.8 Å². The summed E-state index contributed by atoms with van der Waals surface area (Å²) in [6.45, 7) is 0. The average molecular weight is 322 g/mol. The Morgan fingerprint density at radius 2 is 1.91 bits per heavy atom. The second kappa shape index (κ2) is 5.38. The van der Waals surface area contributed by atoms with Crippen molar-refractivity contribution < 1.29 is 13.6 Å². The molecule has 3 aromatic rings. The third-order valence-corrected chi connectivity index (χ3v) is 3.58. The molecule has 0 aliphatic rings. The minimum atomic E-state index is -1.14. The molecule has 2 aromatic carbocycles. The van der Waals surface area contributed by atoms with E-state index in [2.05, 4.69) is 10.3 Å².